The molecule has 9 heteroatoms. The Hall–Kier alpha value is -2.32. The molecule has 0 aromatic heterocycles. The van der Waals surface area contributed by atoms with Crippen molar-refractivity contribution in [3.05, 3.63) is 70.2 Å². The summed E-state index contributed by atoms with van der Waals surface area (Å²) in [5.41, 5.74) is -0.0824. The Kier molecular flexibility index (Phi) is 5.57. The Balaban J connectivity index is 1.70. The number of amides is 2. The molecular weight excluding hydrogens is 401 g/mol. The molecule has 2 aromatic carbocycles. The van der Waals surface area contributed by atoms with E-state index in [0.717, 1.165) is 23.9 Å². The molecule has 27 heavy (non-hydrogen) atoms. The van der Waals surface area contributed by atoms with Gasteiger partial charge in [0.2, 0.25) is 5.91 Å². The van der Waals surface area contributed by atoms with Gasteiger partial charge in [-0.05, 0) is 42.3 Å². The van der Waals surface area contributed by atoms with Gasteiger partial charge >= 0.3 is 6.18 Å². The minimum atomic E-state index is -4.45. The average Bonchev–Trinajstić information content (AvgIpc) is 2.94. The molecule has 0 spiro atoms. The van der Waals surface area contributed by atoms with Gasteiger partial charge in [-0.3, -0.25) is 9.59 Å². The van der Waals surface area contributed by atoms with Crippen LogP contribution in [0.4, 0.5) is 13.2 Å². The van der Waals surface area contributed by atoms with Gasteiger partial charge in [0, 0.05) is 10.6 Å². The zero-order valence-electron chi connectivity index (χ0n) is 13.6. The van der Waals surface area contributed by atoms with Crippen LogP contribution in [-0.2, 0) is 17.4 Å². The highest BCUT2D eigenvalue weighted by molar-refractivity contribution is 8.15. The van der Waals surface area contributed by atoms with Gasteiger partial charge in [-0.1, -0.05) is 41.6 Å². The van der Waals surface area contributed by atoms with Gasteiger partial charge in [-0.2, -0.15) is 18.2 Å². The fraction of sp³-hybridized carbons (Fsp3) is 0.167. The largest absolute Gasteiger partial charge is 0.416 e. The zero-order chi connectivity index (χ0) is 19.6. The van der Waals surface area contributed by atoms with Crippen LogP contribution in [0.3, 0.4) is 0 Å². The lowest BCUT2D eigenvalue weighted by molar-refractivity contribution is -0.137. The Labute approximate surface area is 161 Å². The number of nitrogens with one attached hydrogen (secondary N) is 1. The number of rotatable bonds is 3. The highest BCUT2D eigenvalue weighted by Crippen LogP contribution is 2.31. The van der Waals surface area contributed by atoms with Crippen molar-refractivity contribution in [2.45, 2.75) is 17.8 Å². The molecule has 1 fully saturated rings. The molecule has 0 bridgehead atoms. The Morgan fingerprint density at radius 3 is 2.56 bits per heavy atom. The first kappa shape index (κ1) is 19.4. The lowest BCUT2D eigenvalue weighted by atomic mass is 10.1. The number of aliphatic imine (C=N–C) groups is 1. The van der Waals surface area contributed by atoms with Gasteiger partial charge in [-0.15, -0.1) is 0 Å². The van der Waals surface area contributed by atoms with E-state index in [1.807, 2.05) is 0 Å². The van der Waals surface area contributed by atoms with Crippen LogP contribution >= 0.6 is 23.4 Å². The van der Waals surface area contributed by atoms with Crippen molar-refractivity contribution in [1.29, 1.82) is 0 Å². The van der Waals surface area contributed by atoms with Gasteiger partial charge in [0.1, 0.15) is 0 Å². The molecule has 1 atom stereocenters. The van der Waals surface area contributed by atoms with Gasteiger partial charge in [0.15, 0.2) is 5.17 Å². The van der Waals surface area contributed by atoms with Crippen LogP contribution < -0.4 is 5.32 Å². The third kappa shape index (κ3) is 4.90. The number of nitrogens with zero attached hydrogens (tertiary/aromatic N) is 1. The minimum absolute atomic E-state index is 0.0918. The summed E-state index contributed by atoms with van der Waals surface area (Å²) < 4.78 is 38.4. The second-order valence-corrected chi connectivity index (χ2v) is 7.35. The van der Waals surface area contributed by atoms with E-state index in [4.69, 9.17) is 11.6 Å². The van der Waals surface area contributed by atoms with Gasteiger partial charge < -0.3 is 5.32 Å². The number of carbonyl (C=O) groups excluding carboxylic acids is 2. The SMILES string of the molecule is O=C(/N=C1/NC(=O)C(Cc2cccc(C(F)(F)F)c2)S1)c1ccc(Cl)cc1. The lowest BCUT2D eigenvalue weighted by Crippen LogP contribution is -2.26. The topological polar surface area (TPSA) is 58.5 Å². The van der Waals surface area contributed by atoms with Crippen LogP contribution in [0.2, 0.25) is 5.02 Å². The summed E-state index contributed by atoms with van der Waals surface area (Å²) in [7, 11) is 0. The van der Waals surface area contributed by atoms with Crippen LogP contribution in [-0.4, -0.2) is 22.2 Å². The van der Waals surface area contributed by atoms with E-state index in [1.54, 1.807) is 12.1 Å². The van der Waals surface area contributed by atoms with E-state index >= 15 is 0 Å². The summed E-state index contributed by atoms with van der Waals surface area (Å²) in [4.78, 5) is 28.0. The Bertz CT molecular complexity index is 914. The third-order valence-electron chi connectivity index (χ3n) is 3.75. The van der Waals surface area contributed by atoms with E-state index in [-0.39, 0.29) is 11.6 Å². The molecule has 3 rings (SSSR count). The van der Waals surface area contributed by atoms with Crippen LogP contribution in [0.5, 0.6) is 0 Å². The quantitative estimate of drug-likeness (QED) is 0.816. The monoisotopic (exact) mass is 412 g/mol. The number of carbonyl (C=O) groups is 2. The summed E-state index contributed by atoms with van der Waals surface area (Å²) in [6, 6.07) is 10.9. The molecule has 1 aliphatic rings. The molecule has 1 aliphatic heterocycles. The fourth-order valence-corrected chi connectivity index (χ4v) is 3.56. The second-order valence-electron chi connectivity index (χ2n) is 5.73. The number of hydrogen-bond acceptors (Lipinski definition) is 3. The number of thioether (sulfide) groups is 1. The van der Waals surface area contributed by atoms with E-state index < -0.39 is 28.8 Å². The van der Waals surface area contributed by atoms with Crippen molar-refractivity contribution >= 4 is 40.3 Å². The summed E-state index contributed by atoms with van der Waals surface area (Å²) >= 11 is 6.78. The third-order valence-corrected chi connectivity index (χ3v) is 5.08. The number of hydrogen-bond donors (Lipinski definition) is 1. The summed E-state index contributed by atoms with van der Waals surface area (Å²) in [6.07, 6.45) is -4.35. The van der Waals surface area contributed by atoms with Crippen molar-refractivity contribution in [1.82, 2.24) is 5.32 Å². The zero-order valence-corrected chi connectivity index (χ0v) is 15.2. The normalized spacial score (nSPS) is 18.6. The first-order valence-electron chi connectivity index (χ1n) is 7.74. The molecule has 0 aliphatic carbocycles. The number of benzene rings is 2. The van der Waals surface area contributed by atoms with Crippen LogP contribution in [0, 0.1) is 0 Å². The molecular formula is C18H12ClF3N2O2S. The molecule has 2 amide bonds. The highest BCUT2D eigenvalue weighted by Gasteiger charge is 2.33. The van der Waals surface area contributed by atoms with Gasteiger partial charge in [0.25, 0.3) is 5.91 Å². The average molecular weight is 413 g/mol. The van der Waals surface area contributed by atoms with Crippen molar-refractivity contribution in [3.8, 4) is 0 Å². The molecule has 140 valence electrons. The van der Waals surface area contributed by atoms with Crippen LogP contribution in [0.1, 0.15) is 21.5 Å². The Morgan fingerprint density at radius 2 is 1.89 bits per heavy atom. The van der Waals surface area contributed by atoms with E-state index in [9.17, 15) is 22.8 Å². The molecule has 1 heterocycles. The maximum absolute atomic E-state index is 12.8. The number of amidine groups is 1. The molecule has 1 unspecified atom stereocenters. The molecule has 2 aromatic rings. The summed E-state index contributed by atoms with van der Waals surface area (Å²) in [5.74, 6) is -0.950. The molecule has 1 N–H and O–H groups in total. The maximum atomic E-state index is 12.8. The number of alkyl halides is 3. The van der Waals surface area contributed by atoms with Crippen LogP contribution in [0.25, 0.3) is 0 Å². The van der Waals surface area contributed by atoms with E-state index in [1.165, 1.54) is 24.3 Å². The predicted molar refractivity (Wildman–Crippen MR) is 97.9 cm³/mol. The van der Waals surface area contributed by atoms with Gasteiger partial charge in [-0.25, -0.2) is 0 Å². The maximum Gasteiger partial charge on any atom is 0.416 e. The molecule has 0 saturated carbocycles. The smallest absolute Gasteiger partial charge is 0.304 e. The number of halogens is 4. The molecule has 1 saturated heterocycles. The van der Waals surface area contributed by atoms with Crippen LogP contribution in [0.15, 0.2) is 53.5 Å². The second kappa shape index (κ2) is 7.74. The summed E-state index contributed by atoms with van der Waals surface area (Å²) in [5, 5.41) is 2.42. The van der Waals surface area contributed by atoms with Gasteiger partial charge in [0.05, 0.1) is 10.8 Å². The predicted octanol–water partition coefficient (Wildman–Crippen LogP) is 4.33. The van der Waals surface area contributed by atoms with Crippen molar-refractivity contribution < 1.29 is 22.8 Å². The highest BCUT2D eigenvalue weighted by atomic mass is 35.5. The fourth-order valence-electron chi connectivity index (χ4n) is 2.43. The minimum Gasteiger partial charge on any atom is -0.304 e. The summed E-state index contributed by atoms with van der Waals surface area (Å²) in [6.45, 7) is 0. The standard InChI is InChI=1S/C18H12ClF3N2O2S/c19-13-6-4-11(5-7-13)15(25)23-17-24-16(26)14(27-17)9-10-2-1-3-12(8-10)18(20,21)22/h1-8,14H,9H2,(H,23,24,25,26). The van der Waals surface area contributed by atoms with E-state index in [2.05, 4.69) is 10.3 Å². The molecule has 4 nitrogen and oxygen atoms in total. The van der Waals surface area contributed by atoms with Crippen molar-refractivity contribution in [2.24, 2.45) is 4.99 Å². The van der Waals surface area contributed by atoms with Crippen molar-refractivity contribution in [2.75, 3.05) is 0 Å². The molecule has 0 radical (unpaired) electrons. The first-order chi connectivity index (χ1) is 12.7. The van der Waals surface area contributed by atoms with Crippen molar-refractivity contribution in [3.63, 3.8) is 0 Å². The first-order valence-corrected chi connectivity index (χ1v) is 9.00. The lowest BCUT2D eigenvalue weighted by Gasteiger charge is -2.10. The Morgan fingerprint density at radius 1 is 1.19 bits per heavy atom. The van der Waals surface area contributed by atoms with E-state index in [0.29, 0.717) is 16.1 Å².